The van der Waals surface area contributed by atoms with Crippen LogP contribution in [0.2, 0.25) is 0 Å². The fourth-order valence-electron chi connectivity index (χ4n) is 2.19. The van der Waals surface area contributed by atoms with E-state index in [0.29, 0.717) is 18.9 Å². The molecule has 1 aliphatic heterocycles. The number of hydrogen-bond donors (Lipinski definition) is 1. The van der Waals surface area contributed by atoms with Crippen molar-refractivity contribution in [1.29, 1.82) is 0 Å². The van der Waals surface area contributed by atoms with E-state index < -0.39 is 6.10 Å². The minimum atomic E-state index is -0.431. The lowest BCUT2D eigenvalue weighted by Gasteiger charge is -2.18. The van der Waals surface area contributed by atoms with Crippen molar-refractivity contribution >= 4 is 0 Å². The molecule has 2 rings (SSSR count). The van der Waals surface area contributed by atoms with Crippen LogP contribution in [0.5, 0.6) is 11.5 Å². The summed E-state index contributed by atoms with van der Waals surface area (Å²) in [7, 11) is 0. The highest BCUT2D eigenvalue weighted by molar-refractivity contribution is 5.39. The lowest BCUT2D eigenvalue weighted by molar-refractivity contribution is 0.0713. The van der Waals surface area contributed by atoms with Crippen molar-refractivity contribution in [3.63, 3.8) is 0 Å². The van der Waals surface area contributed by atoms with E-state index in [1.54, 1.807) is 0 Å². The minimum Gasteiger partial charge on any atom is -0.490 e. The Morgan fingerprint density at radius 3 is 2.56 bits per heavy atom. The average Bonchev–Trinajstić information content (AvgIpc) is 2.73. The molecule has 0 aromatic heterocycles. The summed E-state index contributed by atoms with van der Waals surface area (Å²) < 4.78 is 11.4. The molecule has 2 atom stereocenters. The molecule has 0 spiro atoms. The van der Waals surface area contributed by atoms with Gasteiger partial charge in [0.05, 0.1) is 6.61 Å². The SMILES string of the molecule is CCOc1ccccc1O[C@H]1CN(CC)C[C@@H]1O. The van der Waals surface area contributed by atoms with Crippen LogP contribution in [-0.2, 0) is 0 Å². The van der Waals surface area contributed by atoms with E-state index in [-0.39, 0.29) is 6.10 Å². The lowest BCUT2D eigenvalue weighted by Crippen LogP contribution is -2.30. The molecule has 1 aromatic rings. The molecular formula is C14H21NO3. The number of likely N-dealkylation sites (tertiary alicyclic amines) is 1. The summed E-state index contributed by atoms with van der Waals surface area (Å²) in [6.07, 6.45) is -0.605. The monoisotopic (exact) mass is 251 g/mol. The Morgan fingerprint density at radius 1 is 1.22 bits per heavy atom. The van der Waals surface area contributed by atoms with Crippen LogP contribution in [0.15, 0.2) is 24.3 Å². The number of β-amino-alcohol motifs (C(OH)–C–C–N with tert-alkyl or cyclic N) is 1. The van der Waals surface area contributed by atoms with Crippen molar-refractivity contribution in [2.45, 2.75) is 26.1 Å². The van der Waals surface area contributed by atoms with Gasteiger partial charge < -0.3 is 14.6 Å². The van der Waals surface area contributed by atoms with Gasteiger partial charge in [0, 0.05) is 13.1 Å². The number of aliphatic hydroxyl groups excluding tert-OH is 1. The quantitative estimate of drug-likeness (QED) is 0.861. The van der Waals surface area contributed by atoms with E-state index in [1.165, 1.54) is 0 Å². The summed E-state index contributed by atoms with van der Waals surface area (Å²) >= 11 is 0. The Balaban J connectivity index is 2.05. The first-order valence-corrected chi connectivity index (χ1v) is 6.53. The fourth-order valence-corrected chi connectivity index (χ4v) is 2.19. The molecule has 1 aromatic carbocycles. The first kappa shape index (κ1) is 13.2. The Bertz CT molecular complexity index is 383. The van der Waals surface area contributed by atoms with Crippen molar-refractivity contribution in [3.8, 4) is 11.5 Å². The van der Waals surface area contributed by atoms with Gasteiger partial charge in [-0.2, -0.15) is 0 Å². The van der Waals surface area contributed by atoms with E-state index in [4.69, 9.17) is 9.47 Å². The van der Waals surface area contributed by atoms with Gasteiger partial charge in [0.1, 0.15) is 12.2 Å². The topological polar surface area (TPSA) is 41.9 Å². The highest BCUT2D eigenvalue weighted by atomic mass is 16.5. The zero-order chi connectivity index (χ0) is 13.0. The summed E-state index contributed by atoms with van der Waals surface area (Å²) in [5.41, 5.74) is 0. The number of rotatable bonds is 5. The third kappa shape index (κ3) is 2.94. The number of para-hydroxylation sites is 2. The van der Waals surface area contributed by atoms with Gasteiger partial charge >= 0.3 is 0 Å². The molecule has 1 aliphatic rings. The molecule has 18 heavy (non-hydrogen) atoms. The van der Waals surface area contributed by atoms with E-state index in [1.807, 2.05) is 31.2 Å². The molecule has 0 saturated carbocycles. The Hall–Kier alpha value is -1.26. The number of ether oxygens (including phenoxy) is 2. The van der Waals surface area contributed by atoms with Crippen LogP contribution < -0.4 is 9.47 Å². The Kier molecular flexibility index (Phi) is 4.44. The van der Waals surface area contributed by atoms with Gasteiger partial charge in [0.15, 0.2) is 11.5 Å². The normalized spacial score (nSPS) is 24.2. The van der Waals surface area contributed by atoms with Gasteiger partial charge in [-0.1, -0.05) is 19.1 Å². The van der Waals surface area contributed by atoms with E-state index in [9.17, 15) is 5.11 Å². The van der Waals surface area contributed by atoms with Gasteiger partial charge in [-0.3, -0.25) is 4.90 Å². The van der Waals surface area contributed by atoms with Crippen molar-refractivity contribution in [2.75, 3.05) is 26.2 Å². The number of hydrogen-bond acceptors (Lipinski definition) is 4. The zero-order valence-electron chi connectivity index (χ0n) is 11.0. The number of aliphatic hydroxyl groups is 1. The summed E-state index contributed by atoms with van der Waals surface area (Å²) in [5, 5.41) is 9.97. The van der Waals surface area contributed by atoms with Crippen LogP contribution in [-0.4, -0.2) is 48.5 Å². The number of nitrogens with zero attached hydrogens (tertiary/aromatic N) is 1. The molecule has 100 valence electrons. The fraction of sp³-hybridized carbons (Fsp3) is 0.571. The molecule has 0 unspecified atom stereocenters. The van der Waals surface area contributed by atoms with E-state index in [0.717, 1.165) is 18.8 Å². The van der Waals surface area contributed by atoms with Crippen LogP contribution in [0, 0.1) is 0 Å². The summed E-state index contributed by atoms with van der Waals surface area (Å²) in [6, 6.07) is 7.60. The van der Waals surface area contributed by atoms with Crippen LogP contribution >= 0.6 is 0 Å². The van der Waals surface area contributed by atoms with E-state index >= 15 is 0 Å². The smallest absolute Gasteiger partial charge is 0.161 e. The average molecular weight is 251 g/mol. The second kappa shape index (κ2) is 6.07. The molecule has 0 radical (unpaired) electrons. The summed E-state index contributed by atoms with van der Waals surface area (Å²) in [6.45, 7) is 7.01. The molecular weight excluding hydrogens is 230 g/mol. The van der Waals surface area contributed by atoms with Gasteiger partial charge in [0.2, 0.25) is 0 Å². The van der Waals surface area contributed by atoms with Crippen molar-refractivity contribution < 1.29 is 14.6 Å². The zero-order valence-corrected chi connectivity index (χ0v) is 11.0. The second-order valence-corrected chi connectivity index (χ2v) is 4.46. The second-order valence-electron chi connectivity index (χ2n) is 4.46. The Labute approximate surface area is 108 Å². The predicted molar refractivity (Wildman–Crippen MR) is 70.1 cm³/mol. The third-order valence-corrected chi connectivity index (χ3v) is 3.19. The molecule has 0 aliphatic carbocycles. The summed E-state index contributed by atoms with van der Waals surface area (Å²) in [5.74, 6) is 1.45. The molecule has 1 saturated heterocycles. The van der Waals surface area contributed by atoms with Crippen LogP contribution in [0.4, 0.5) is 0 Å². The van der Waals surface area contributed by atoms with Gasteiger partial charge in [-0.05, 0) is 25.6 Å². The molecule has 1 heterocycles. The van der Waals surface area contributed by atoms with Crippen LogP contribution in [0.1, 0.15) is 13.8 Å². The highest BCUT2D eigenvalue weighted by Gasteiger charge is 2.32. The van der Waals surface area contributed by atoms with Crippen molar-refractivity contribution in [2.24, 2.45) is 0 Å². The lowest BCUT2D eigenvalue weighted by atomic mass is 10.2. The van der Waals surface area contributed by atoms with Crippen molar-refractivity contribution in [3.05, 3.63) is 24.3 Å². The predicted octanol–water partition coefficient (Wildman–Crippen LogP) is 1.53. The van der Waals surface area contributed by atoms with Gasteiger partial charge in [-0.15, -0.1) is 0 Å². The Morgan fingerprint density at radius 2 is 1.94 bits per heavy atom. The standard InChI is InChI=1S/C14H21NO3/c1-3-15-9-11(16)14(10-15)18-13-8-6-5-7-12(13)17-4-2/h5-8,11,14,16H,3-4,9-10H2,1-2H3/t11-,14-/m0/s1. The maximum Gasteiger partial charge on any atom is 0.161 e. The van der Waals surface area contributed by atoms with Gasteiger partial charge in [0.25, 0.3) is 0 Å². The molecule has 1 N–H and O–H groups in total. The number of likely N-dealkylation sites (N-methyl/N-ethyl adjacent to an activating group) is 1. The highest BCUT2D eigenvalue weighted by Crippen LogP contribution is 2.29. The molecule has 1 fully saturated rings. The maximum atomic E-state index is 9.97. The van der Waals surface area contributed by atoms with Crippen LogP contribution in [0.3, 0.4) is 0 Å². The first-order chi connectivity index (χ1) is 8.74. The number of benzene rings is 1. The third-order valence-electron chi connectivity index (χ3n) is 3.19. The molecule has 4 heteroatoms. The minimum absolute atomic E-state index is 0.174. The molecule has 0 amide bonds. The maximum absolute atomic E-state index is 9.97. The van der Waals surface area contributed by atoms with Crippen molar-refractivity contribution in [1.82, 2.24) is 4.90 Å². The van der Waals surface area contributed by atoms with Crippen LogP contribution in [0.25, 0.3) is 0 Å². The van der Waals surface area contributed by atoms with Gasteiger partial charge in [-0.25, -0.2) is 0 Å². The first-order valence-electron chi connectivity index (χ1n) is 6.53. The largest absolute Gasteiger partial charge is 0.490 e. The molecule has 4 nitrogen and oxygen atoms in total. The van der Waals surface area contributed by atoms with E-state index in [2.05, 4.69) is 11.8 Å². The summed E-state index contributed by atoms with van der Waals surface area (Å²) in [4.78, 5) is 2.18. The molecule has 0 bridgehead atoms.